The van der Waals surface area contributed by atoms with Crippen LogP contribution in [-0.4, -0.2) is 53.1 Å². The molecule has 37 heavy (non-hydrogen) atoms. The summed E-state index contributed by atoms with van der Waals surface area (Å²) < 4.78 is 69.2. The lowest BCUT2D eigenvalue weighted by Crippen LogP contribution is -2.38. The minimum absolute atomic E-state index is 0.0197. The smallest absolute Gasteiger partial charge is 0.345 e. The molecule has 0 unspecified atom stereocenters. The molecule has 0 bridgehead atoms. The predicted molar refractivity (Wildman–Crippen MR) is 141 cm³/mol. The Morgan fingerprint density at radius 3 is 1.89 bits per heavy atom. The first-order valence-electron chi connectivity index (χ1n) is 12.2. The molecule has 206 valence electrons. The molecule has 2 rings (SSSR count). The highest BCUT2D eigenvalue weighted by Gasteiger charge is 2.54. The van der Waals surface area contributed by atoms with E-state index in [2.05, 4.69) is 0 Å². The van der Waals surface area contributed by atoms with Crippen molar-refractivity contribution in [2.45, 2.75) is 57.5 Å². The van der Waals surface area contributed by atoms with Crippen molar-refractivity contribution in [3.63, 3.8) is 0 Å². The van der Waals surface area contributed by atoms with Gasteiger partial charge in [-0.25, -0.2) is 0 Å². The number of esters is 1. The van der Waals surface area contributed by atoms with E-state index in [1.165, 1.54) is 7.11 Å². The second-order valence-corrected chi connectivity index (χ2v) is 12.2. The highest BCUT2D eigenvalue weighted by Crippen LogP contribution is 2.61. The Hall–Kier alpha value is -2.23. The molecular formula is C26H37O9PS. The summed E-state index contributed by atoms with van der Waals surface area (Å²) in [6.07, 6.45) is -0.681. The monoisotopic (exact) mass is 556 g/mol. The molecule has 0 aliphatic rings. The molecule has 0 amide bonds. The molecular weight excluding hydrogens is 519 g/mol. The largest absolute Gasteiger partial charge is 0.497 e. The van der Waals surface area contributed by atoms with Crippen LogP contribution in [0.5, 0.6) is 5.75 Å². The summed E-state index contributed by atoms with van der Waals surface area (Å²) in [5.74, 6) is -1.64. The van der Waals surface area contributed by atoms with Crippen molar-refractivity contribution < 1.29 is 40.5 Å². The normalized spacial score (nSPS) is 14.7. The Morgan fingerprint density at radius 2 is 1.43 bits per heavy atom. The molecule has 0 radical (unpaired) electrons. The van der Waals surface area contributed by atoms with Crippen LogP contribution in [0.2, 0.25) is 0 Å². The summed E-state index contributed by atoms with van der Waals surface area (Å²) in [4.78, 5) is 13.5. The first kappa shape index (κ1) is 31.0. The van der Waals surface area contributed by atoms with Crippen LogP contribution in [0.15, 0.2) is 54.6 Å². The van der Waals surface area contributed by atoms with Crippen molar-refractivity contribution in [2.75, 3.05) is 26.9 Å². The summed E-state index contributed by atoms with van der Waals surface area (Å²) in [6.45, 7) is 7.94. The molecule has 9 nitrogen and oxygen atoms in total. The van der Waals surface area contributed by atoms with Crippen molar-refractivity contribution in [2.24, 2.45) is 0 Å². The third-order valence-corrected chi connectivity index (χ3v) is 9.71. The zero-order valence-electron chi connectivity index (χ0n) is 22.2. The van der Waals surface area contributed by atoms with Crippen molar-refractivity contribution in [1.29, 1.82) is 0 Å². The van der Waals surface area contributed by atoms with Crippen molar-refractivity contribution in [3.8, 4) is 5.75 Å². The Labute approximate surface area is 220 Å². The number of hydrogen-bond acceptors (Lipinski definition) is 9. The zero-order valence-corrected chi connectivity index (χ0v) is 23.9. The van der Waals surface area contributed by atoms with E-state index < -0.39 is 46.6 Å². The number of rotatable bonds is 15. The van der Waals surface area contributed by atoms with Crippen molar-refractivity contribution in [3.05, 3.63) is 65.7 Å². The maximum atomic E-state index is 14.2. The molecule has 0 aliphatic carbocycles. The van der Waals surface area contributed by atoms with Gasteiger partial charge in [0.1, 0.15) is 11.0 Å². The molecule has 0 aromatic heterocycles. The van der Waals surface area contributed by atoms with Gasteiger partial charge >= 0.3 is 13.6 Å². The molecule has 11 heteroatoms. The van der Waals surface area contributed by atoms with Gasteiger partial charge in [-0.15, -0.1) is 0 Å². The van der Waals surface area contributed by atoms with E-state index in [9.17, 15) is 17.8 Å². The lowest BCUT2D eigenvalue weighted by atomic mass is 9.88. The Kier molecular flexibility index (Phi) is 11.8. The number of ether oxygens (including phenoxy) is 2. The van der Waals surface area contributed by atoms with Crippen LogP contribution < -0.4 is 4.74 Å². The number of methoxy groups -OCH3 is 1. The number of carbonyl (C=O) groups excluding carboxylic acids is 1. The molecule has 0 N–H and O–H groups in total. The van der Waals surface area contributed by atoms with Gasteiger partial charge in [-0.2, -0.15) is 8.42 Å². The first-order valence-corrected chi connectivity index (χ1v) is 15.3. The summed E-state index contributed by atoms with van der Waals surface area (Å²) in [5, 5.41) is -1.45. The fourth-order valence-corrected chi connectivity index (χ4v) is 8.25. The SMILES string of the molecule is CCOC(=O)[C@H]([C@@H](c1ccc(OC)cc1)[C@@H](c1ccccc1)S(=O)(=O)OC(C)C)P(=O)(OCC)OCC. The second kappa shape index (κ2) is 14.1. The van der Waals surface area contributed by atoms with Crippen LogP contribution in [0.4, 0.5) is 0 Å². The van der Waals surface area contributed by atoms with Gasteiger partial charge in [0, 0.05) is 5.92 Å². The van der Waals surface area contributed by atoms with Crippen molar-refractivity contribution >= 4 is 23.7 Å². The maximum Gasteiger partial charge on any atom is 0.345 e. The van der Waals surface area contributed by atoms with Crippen LogP contribution in [-0.2, 0) is 37.4 Å². The fraction of sp³-hybridized carbons (Fsp3) is 0.500. The van der Waals surface area contributed by atoms with E-state index in [4.69, 9.17) is 22.7 Å². The lowest BCUT2D eigenvalue weighted by Gasteiger charge is -2.35. The third kappa shape index (κ3) is 7.88. The first-order chi connectivity index (χ1) is 17.5. The highest BCUT2D eigenvalue weighted by atomic mass is 32.2. The highest BCUT2D eigenvalue weighted by molar-refractivity contribution is 7.87. The number of carbonyl (C=O) groups is 1. The summed E-state index contributed by atoms with van der Waals surface area (Å²) in [5.41, 5.74) is -0.877. The van der Waals surface area contributed by atoms with Crippen LogP contribution in [0, 0.1) is 0 Å². The summed E-state index contributed by atoms with van der Waals surface area (Å²) in [6, 6.07) is 14.9. The summed E-state index contributed by atoms with van der Waals surface area (Å²) >= 11 is 0. The molecule has 2 aromatic rings. The van der Waals surface area contributed by atoms with Crippen LogP contribution in [0.1, 0.15) is 56.9 Å². The van der Waals surface area contributed by atoms with Gasteiger partial charge in [-0.3, -0.25) is 13.5 Å². The second-order valence-electron chi connectivity index (χ2n) is 8.34. The maximum absolute atomic E-state index is 14.2. The molecule has 0 fully saturated rings. The van der Waals surface area contributed by atoms with Gasteiger partial charge in [-0.05, 0) is 57.9 Å². The quantitative estimate of drug-likeness (QED) is 0.160. The standard InChI is InChI=1S/C26H37O9PS/c1-7-32-26(27)24(36(28,33-8-2)34-9-3)23(20-15-17-22(31-6)18-16-20)25(21-13-11-10-12-14-21)37(29,30)35-19(4)5/h10-19,23-25H,7-9H2,1-6H3/t23-,24+,25-/m1/s1. The minimum Gasteiger partial charge on any atom is -0.497 e. The van der Waals surface area contributed by atoms with E-state index in [0.717, 1.165) is 0 Å². The zero-order chi connectivity index (χ0) is 27.6. The number of benzene rings is 2. The Morgan fingerprint density at radius 1 is 0.865 bits per heavy atom. The molecule has 0 aliphatic heterocycles. The Balaban J connectivity index is 2.97. The molecule has 0 heterocycles. The number of hydrogen-bond donors (Lipinski definition) is 0. The van der Waals surface area contributed by atoms with Crippen LogP contribution in [0.25, 0.3) is 0 Å². The Bertz CT molecular complexity index is 1120. The van der Waals surface area contributed by atoms with Crippen LogP contribution >= 0.6 is 7.60 Å². The van der Waals surface area contributed by atoms with E-state index in [1.807, 2.05) is 0 Å². The van der Waals surface area contributed by atoms with Gasteiger partial charge in [0.25, 0.3) is 10.1 Å². The average Bonchev–Trinajstić information content (AvgIpc) is 2.84. The average molecular weight is 557 g/mol. The third-order valence-electron chi connectivity index (χ3n) is 5.42. The molecule has 0 spiro atoms. The van der Waals surface area contributed by atoms with E-state index in [0.29, 0.717) is 16.9 Å². The fourth-order valence-electron chi connectivity index (χ4n) is 4.13. The van der Waals surface area contributed by atoms with E-state index in [1.54, 1.807) is 89.2 Å². The van der Waals surface area contributed by atoms with E-state index in [-0.39, 0.29) is 19.8 Å². The van der Waals surface area contributed by atoms with Gasteiger partial charge in [-0.1, -0.05) is 42.5 Å². The lowest BCUT2D eigenvalue weighted by molar-refractivity contribution is -0.143. The molecule has 0 saturated heterocycles. The van der Waals surface area contributed by atoms with Gasteiger partial charge in [0.05, 0.1) is 33.0 Å². The topological polar surface area (TPSA) is 114 Å². The van der Waals surface area contributed by atoms with E-state index >= 15 is 0 Å². The molecule has 3 atom stereocenters. The van der Waals surface area contributed by atoms with Crippen molar-refractivity contribution in [1.82, 2.24) is 0 Å². The van der Waals surface area contributed by atoms with Gasteiger partial charge in [0.2, 0.25) is 0 Å². The molecule has 2 aromatic carbocycles. The molecule has 0 saturated carbocycles. The summed E-state index contributed by atoms with van der Waals surface area (Å²) in [7, 11) is -7.15. The van der Waals surface area contributed by atoms with Gasteiger partial charge in [0.15, 0.2) is 5.66 Å². The predicted octanol–water partition coefficient (Wildman–Crippen LogP) is 5.47. The minimum atomic E-state index is -4.39. The van der Waals surface area contributed by atoms with Gasteiger partial charge < -0.3 is 18.5 Å². The van der Waals surface area contributed by atoms with Crippen LogP contribution in [0.3, 0.4) is 0 Å².